The summed E-state index contributed by atoms with van der Waals surface area (Å²) in [5.41, 5.74) is 3.41. The van der Waals surface area contributed by atoms with Crippen LogP contribution in [0.1, 0.15) is 17.8 Å². The minimum atomic E-state index is 0.121. The highest BCUT2D eigenvalue weighted by Gasteiger charge is 2.31. The molecular weight excluding hydrogens is 276 g/mol. The Balaban J connectivity index is 1.55. The van der Waals surface area contributed by atoms with Crippen molar-refractivity contribution < 1.29 is 4.79 Å². The van der Waals surface area contributed by atoms with Gasteiger partial charge in [-0.2, -0.15) is 0 Å². The highest BCUT2D eigenvalue weighted by Crippen LogP contribution is 2.27. The number of piperazine rings is 1. The number of aryl methyl sites for hydroxylation is 1. The van der Waals surface area contributed by atoms with Crippen molar-refractivity contribution >= 4 is 11.6 Å². The van der Waals surface area contributed by atoms with Crippen LogP contribution in [0.15, 0.2) is 24.4 Å². The van der Waals surface area contributed by atoms with Crippen molar-refractivity contribution in [3.63, 3.8) is 0 Å². The summed E-state index contributed by atoms with van der Waals surface area (Å²) in [6.07, 6.45) is 4.73. The summed E-state index contributed by atoms with van der Waals surface area (Å²) in [6.45, 7) is 3.70. The van der Waals surface area contributed by atoms with Crippen LogP contribution in [0.25, 0.3) is 5.65 Å². The molecule has 0 aromatic carbocycles. The number of hydrogen-bond donors (Lipinski definition) is 0. The van der Waals surface area contributed by atoms with Gasteiger partial charge in [-0.3, -0.25) is 4.79 Å². The average molecular weight is 298 g/mol. The van der Waals surface area contributed by atoms with Crippen molar-refractivity contribution in [1.82, 2.24) is 19.2 Å². The third-order valence-electron chi connectivity index (χ3n) is 5.05. The van der Waals surface area contributed by atoms with Crippen molar-refractivity contribution in [2.75, 3.05) is 33.2 Å². The number of fused-ring (bicyclic) bond motifs is 3. The van der Waals surface area contributed by atoms with E-state index in [4.69, 9.17) is 4.98 Å². The van der Waals surface area contributed by atoms with E-state index in [2.05, 4.69) is 27.4 Å². The monoisotopic (exact) mass is 298 g/mol. The Morgan fingerprint density at radius 1 is 1.23 bits per heavy atom. The Kier molecular flexibility index (Phi) is 3.37. The van der Waals surface area contributed by atoms with Crippen LogP contribution in [-0.2, 0) is 17.6 Å². The number of carbonyl (C=O) groups is 1. The zero-order chi connectivity index (χ0) is 15.1. The minimum Gasteiger partial charge on any atom is -0.340 e. The van der Waals surface area contributed by atoms with E-state index in [-0.39, 0.29) is 5.92 Å². The van der Waals surface area contributed by atoms with E-state index in [0.717, 1.165) is 51.1 Å². The lowest BCUT2D eigenvalue weighted by atomic mass is 9.88. The highest BCUT2D eigenvalue weighted by molar-refractivity contribution is 5.79. The quantitative estimate of drug-likeness (QED) is 0.795. The summed E-state index contributed by atoms with van der Waals surface area (Å²) in [7, 11) is 2.12. The van der Waals surface area contributed by atoms with Crippen LogP contribution in [-0.4, -0.2) is 58.3 Å². The van der Waals surface area contributed by atoms with Crippen LogP contribution < -0.4 is 0 Å². The third-order valence-corrected chi connectivity index (χ3v) is 5.05. The number of pyridine rings is 1. The fourth-order valence-corrected chi connectivity index (χ4v) is 3.65. The fourth-order valence-electron chi connectivity index (χ4n) is 3.65. The number of aromatic nitrogens is 2. The molecule has 2 aliphatic rings. The first-order valence-corrected chi connectivity index (χ1v) is 8.14. The van der Waals surface area contributed by atoms with Gasteiger partial charge in [0.05, 0.1) is 5.69 Å². The maximum atomic E-state index is 12.8. The maximum absolute atomic E-state index is 12.8. The van der Waals surface area contributed by atoms with Gasteiger partial charge in [0.2, 0.25) is 5.91 Å². The van der Waals surface area contributed by atoms with Gasteiger partial charge in [-0.1, -0.05) is 6.07 Å². The zero-order valence-electron chi connectivity index (χ0n) is 13.0. The summed E-state index contributed by atoms with van der Waals surface area (Å²) in [6, 6.07) is 6.08. The number of imidazole rings is 1. The molecule has 5 heteroatoms. The zero-order valence-corrected chi connectivity index (χ0v) is 13.0. The molecule has 0 saturated carbocycles. The van der Waals surface area contributed by atoms with E-state index in [1.165, 1.54) is 11.4 Å². The van der Waals surface area contributed by atoms with Gasteiger partial charge in [0.25, 0.3) is 0 Å². The van der Waals surface area contributed by atoms with E-state index >= 15 is 0 Å². The highest BCUT2D eigenvalue weighted by atomic mass is 16.2. The van der Waals surface area contributed by atoms with Crippen molar-refractivity contribution in [2.45, 2.75) is 19.3 Å². The van der Waals surface area contributed by atoms with E-state index in [1.807, 2.05) is 18.2 Å². The normalized spacial score (nSPS) is 22.8. The predicted molar refractivity (Wildman–Crippen MR) is 84.8 cm³/mol. The molecular formula is C17H22N4O. The molecule has 1 fully saturated rings. The summed E-state index contributed by atoms with van der Waals surface area (Å²) in [5, 5.41) is 0. The summed E-state index contributed by atoms with van der Waals surface area (Å²) < 4.78 is 2.15. The Labute approximate surface area is 130 Å². The molecule has 2 aromatic rings. The minimum absolute atomic E-state index is 0.121. The smallest absolute Gasteiger partial charge is 0.226 e. The number of likely N-dealkylation sites (N-methyl/N-ethyl adjacent to an activating group) is 1. The molecule has 1 atom stereocenters. The number of carbonyl (C=O) groups excluding carboxylic acids is 1. The Hall–Kier alpha value is -1.88. The first-order valence-electron chi connectivity index (χ1n) is 8.14. The Morgan fingerprint density at radius 2 is 2.05 bits per heavy atom. The van der Waals surface area contributed by atoms with Crippen molar-refractivity contribution in [1.29, 1.82) is 0 Å². The van der Waals surface area contributed by atoms with Gasteiger partial charge in [0.15, 0.2) is 0 Å². The second-order valence-corrected chi connectivity index (χ2v) is 6.50. The third kappa shape index (κ3) is 2.29. The van der Waals surface area contributed by atoms with Crippen LogP contribution >= 0.6 is 0 Å². The largest absolute Gasteiger partial charge is 0.340 e. The number of amides is 1. The molecule has 1 amide bonds. The summed E-state index contributed by atoms with van der Waals surface area (Å²) >= 11 is 0. The maximum Gasteiger partial charge on any atom is 0.226 e. The van der Waals surface area contributed by atoms with Crippen LogP contribution in [0.2, 0.25) is 0 Å². The van der Waals surface area contributed by atoms with Gasteiger partial charge < -0.3 is 14.2 Å². The van der Waals surface area contributed by atoms with Gasteiger partial charge in [0, 0.05) is 50.4 Å². The summed E-state index contributed by atoms with van der Waals surface area (Å²) in [4.78, 5) is 21.8. The second kappa shape index (κ2) is 5.39. The lowest BCUT2D eigenvalue weighted by Gasteiger charge is -2.35. The topological polar surface area (TPSA) is 40.8 Å². The molecule has 1 unspecified atom stereocenters. The molecule has 0 radical (unpaired) electrons. The first kappa shape index (κ1) is 13.8. The number of hydrogen-bond acceptors (Lipinski definition) is 3. The standard InChI is InChI=1S/C17H22N4O/c1-19-8-10-20(11-9-19)17(22)13-5-6-14-15(12-13)21-7-3-2-4-16(21)18-14/h2-4,7,13H,5-6,8-12H2,1H3. The molecule has 0 N–H and O–H groups in total. The molecule has 2 aromatic heterocycles. The molecule has 1 aliphatic carbocycles. The van der Waals surface area contributed by atoms with Crippen molar-refractivity contribution in [3.8, 4) is 0 Å². The SMILES string of the molecule is CN1CCN(C(=O)C2CCc3nc4ccccn4c3C2)CC1. The lowest BCUT2D eigenvalue weighted by molar-refractivity contribution is -0.137. The van der Waals surface area contributed by atoms with Crippen LogP contribution in [0.3, 0.4) is 0 Å². The molecule has 1 saturated heterocycles. The van der Waals surface area contributed by atoms with E-state index in [1.54, 1.807) is 0 Å². The molecule has 4 rings (SSSR count). The van der Waals surface area contributed by atoms with Crippen LogP contribution in [0.4, 0.5) is 0 Å². The molecule has 0 bridgehead atoms. The van der Waals surface area contributed by atoms with Gasteiger partial charge in [0.1, 0.15) is 5.65 Å². The van der Waals surface area contributed by atoms with E-state index in [0.29, 0.717) is 5.91 Å². The average Bonchev–Trinajstić information content (AvgIpc) is 2.92. The van der Waals surface area contributed by atoms with E-state index in [9.17, 15) is 4.79 Å². The molecule has 22 heavy (non-hydrogen) atoms. The fraction of sp³-hybridized carbons (Fsp3) is 0.529. The second-order valence-electron chi connectivity index (χ2n) is 6.50. The Morgan fingerprint density at radius 3 is 2.86 bits per heavy atom. The lowest BCUT2D eigenvalue weighted by Crippen LogP contribution is -2.49. The van der Waals surface area contributed by atoms with Crippen LogP contribution in [0, 0.1) is 5.92 Å². The molecule has 5 nitrogen and oxygen atoms in total. The molecule has 116 valence electrons. The van der Waals surface area contributed by atoms with Crippen molar-refractivity contribution in [3.05, 3.63) is 35.8 Å². The molecule has 1 aliphatic heterocycles. The Bertz CT molecular complexity index is 700. The van der Waals surface area contributed by atoms with Gasteiger partial charge >= 0.3 is 0 Å². The summed E-state index contributed by atoms with van der Waals surface area (Å²) in [5.74, 6) is 0.459. The number of rotatable bonds is 1. The molecule has 3 heterocycles. The number of nitrogens with zero attached hydrogens (tertiary/aromatic N) is 4. The van der Waals surface area contributed by atoms with Crippen LogP contribution in [0.5, 0.6) is 0 Å². The first-order chi connectivity index (χ1) is 10.7. The predicted octanol–water partition coefficient (Wildman–Crippen LogP) is 1.21. The van der Waals surface area contributed by atoms with Crippen molar-refractivity contribution in [2.24, 2.45) is 5.92 Å². The van der Waals surface area contributed by atoms with Gasteiger partial charge in [-0.15, -0.1) is 0 Å². The molecule has 0 spiro atoms. The van der Waals surface area contributed by atoms with Gasteiger partial charge in [-0.05, 0) is 32.0 Å². The van der Waals surface area contributed by atoms with Gasteiger partial charge in [-0.25, -0.2) is 4.98 Å². The van der Waals surface area contributed by atoms with E-state index < -0.39 is 0 Å².